The molecule has 0 spiro atoms. The van der Waals surface area contributed by atoms with Crippen molar-refractivity contribution in [2.75, 3.05) is 39.3 Å². The van der Waals surface area contributed by atoms with Crippen molar-refractivity contribution in [1.29, 1.82) is 0 Å². The van der Waals surface area contributed by atoms with E-state index in [0.29, 0.717) is 49.6 Å². The Morgan fingerprint density at radius 2 is 1.76 bits per heavy atom. The minimum absolute atomic E-state index is 0.115. The summed E-state index contributed by atoms with van der Waals surface area (Å²) >= 11 is 0. The van der Waals surface area contributed by atoms with Gasteiger partial charge in [-0.25, -0.2) is 14.0 Å². The van der Waals surface area contributed by atoms with Crippen LogP contribution < -0.4 is 5.32 Å². The lowest BCUT2D eigenvalue weighted by molar-refractivity contribution is -0.139. The summed E-state index contributed by atoms with van der Waals surface area (Å²) in [6.07, 6.45) is 0. The monoisotopic (exact) mass is 508 g/mol. The maximum Gasteiger partial charge on any atom is 0.338 e. The van der Waals surface area contributed by atoms with Gasteiger partial charge in [0.05, 0.1) is 18.2 Å². The van der Waals surface area contributed by atoms with Crippen LogP contribution in [0.5, 0.6) is 0 Å². The minimum atomic E-state index is -0.621. The number of nitrogens with one attached hydrogen (secondary N) is 1. The molecule has 8 nitrogen and oxygen atoms in total. The van der Waals surface area contributed by atoms with Crippen molar-refractivity contribution in [3.63, 3.8) is 0 Å². The van der Waals surface area contributed by atoms with Crippen LogP contribution >= 0.6 is 0 Å². The highest BCUT2D eigenvalue weighted by Crippen LogP contribution is 2.32. The van der Waals surface area contributed by atoms with Gasteiger partial charge < -0.3 is 15.0 Å². The van der Waals surface area contributed by atoms with Crippen LogP contribution in [0.25, 0.3) is 0 Å². The summed E-state index contributed by atoms with van der Waals surface area (Å²) in [6, 6.07) is 13.9. The maximum absolute atomic E-state index is 13.3. The molecule has 2 atom stereocenters. The van der Waals surface area contributed by atoms with Crippen LogP contribution in [0.3, 0.4) is 0 Å². The Labute approximate surface area is 216 Å². The van der Waals surface area contributed by atoms with Crippen molar-refractivity contribution in [2.45, 2.75) is 32.9 Å². The predicted octanol–water partition coefficient (Wildman–Crippen LogP) is 3.58. The Morgan fingerprint density at radius 1 is 1.05 bits per heavy atom. The number of nitrogens with zero attached hydrogens (tertiary/aromatic N) is 3. The molecule has 2 heterocycles. The summed E-state index contributed by atoms with van der Waals surface area (Å²) in [4.78, 5) is 44.9. The fraction of sp³-hybridized carbons (Fsp3) is 0.393. The molecule has 0 aromatic heterocycles. The Hall–Kier alpha value is -3.72. The number of piperazine rings is 1. The van der Waals surface area contributed by atoms with Crippen LogP contribution in [0.1, 0.15) is 42.7 Å². The highest BCUT2D eigenvalue weighted by molar-refractivity contribution is 5.95. The van der Waals surface area contributed by atoms with Crippen LogP contribution in [0.4, 0.5) is 9.18 Å². The van der Waals surface area contributed by atoms with E-state index in [1.807, 2.05) is 44.2 Å². The van der Waals surface area contributed by atoms with E-state index in [9.17, 15) is 18.8 Å². The van der Waals surface area contributed by atoms with Gasteiger partial charge in [-0.1, -0.05) is 30.3 Å². The molecular weight excluding hydrogens is 475 g/mol. The largest absolute Gasteiger partial charge is 0.463 e. The van der Waals surface area contributed by atoms with Crippen molar-refractivity contribution in [3.8, 4) is 0 Å². The smallest absolute Gasteiger partial charge is 0.338 e. The van der Waals surface area contributed by atoms with Crippen LogP contribution in [0.2, 0.25) is 0 Å². The van der Waals surface area contributed by atoms with Gasteiger partial charge in [0.1, 0.15) is 5.82 Å². The molecule has 196 valence electrons. The van der Waals surface area contributed by atoms with Crippen LogP contribution in [0, 0.1) is 5.82 Å². The minimum Gasteiger partial charge on any atom is -0.463 e. The summed E-state index contributed by atoms with van der Waals surface area (Å²) in [6.45, 7) is 8.16. The van der Waals surface area contributed by atoms with Gasteiger partial charge >= 0.3 is 12.0 Å². The first-order chi connectivity index (χ1) is 17.8. The molecule has 2 aliphatic rings. The van der Waals surface area contributed by atoms with E-state index in [1.165, 1.54) is 24.3 Å². The van der Waals surface area contributed by atoms with E-state index < -0.39 is 12.0 Å². The Balaban J connectivity index is 1.61. The molecule has 0 unspecified atom stereocenters. The van der Waals surface area contributed by atoms with Gasteiger partial charge in [-0.2, -0.15) is 0 Å². The standard InChI is InChI=1S/C28H33FN4O4/c1-4-32-23(24(27(35)37-5-2)25(30-28(32)36)20-9-7-6-8-10-20)18-31-15-16-33(19(3)17-31)26(34)21-11-13-22(29)14-12-21/h6-14,19,25H,4-5,15-18H2,1-3H3,(H,30,36)/t19-,25+/m1/s1. The van der Waals surface area contributed by atoms with Crippen LogP contribution in [-0.4, -0.2) is 78.0 Å². The van der Waals surface area contributed by atoms with Crippen molar-refractivity contribution in [2.24, 2.45) is 0 Å². The lowest BCUT2D eigenvalue weighted by Gasteiger charge is -2.43. The number of halogens is 1. The fourth-order valence-corrected chi connectivity index (χ4v) is 5.00. The number of likely N-dealkylation sites (N-methyl/N-ethyl adjacent to an activating group) is 1. The summed E-state index contributed by atoms with van der Waals surface area (Å²) in [7, 11) is 0. The van der Waals surface area contributed by atoms with Crippen molar-refractivity contribution < 1.29 is 23.5 Å². The molecule has 2 aromatic rings. The normalized spacial score (nSPS) is 20.6. The number of esters is 1. The van der Waals surface area contributed by atoms with Gasteiger partial charge in [-0.15, -0.1) is 0 Å². The zero-order valence-corrected chi connectivity index (χ0v) is 21.4. The molecule has 0 radical (unpaired) electrons. The number of hydrogen-bond donors (Lipinski definition) is 1. The first-order valence-electron chi connectivity index (χ1n) is 12.7. The highest BCUT2D eigenvalue weighted by Gasteiger charge is 2.39. The second kappa shape index (κ2) is 11.6. The third-order valence-electron chi connectivity index (χ3n) is 6.82. The quantitative estimate of drug-likeness (QED) is 0.579. The van der Waals surface area contributed by atoms with Crippen molar-refractivity contribution in [3.05, 3.63) is 82.8 Å². The van der Waals surface area contributed by atoms with Gasteiger partial charge in [0.2, 0.25) is 0 Å². The fourth-order valence-electron chi connectivity index (χ4n) is 5.00. The zero-order valence-electron chi connectivity index (χ0n) is 21.4. The maximum atomic E-state index is 13.3. The predicted molar refractivity (Wildman–Crippen MR) is 137 cm³/mol. The molecule has 0 aliphatic carbocycles. The number of hydrogen-bond acceptors (Lipinski definition) is 5. The van der Waals surface area contributed by atoms with E-state index in [-0.39, 0.29) is 30.4 Å². The molecule has 37 heavy (non-hydrogen) atoms. The third kappa shape index (κ3) is 5.67. The summed E-state index contributed by atoms with van der Waals surface area (Å²) < 4.78 is 18.7. The molecule has 3 amide bonds. The number of carbonyl (C=O) groups excluding carboxylic acids is 3. The number of amides is 3. The molecule has 0 saturated carbocycles. The number of urea groups is 1. The molecule has 1 fully saturated rings. The second-order valence-electron chi connectivity index (χ2n) is 9.21. The summed E-state index contributed by atoms with van der Waals surface area (Å²) in [5.74, 6) is -0.983. The Kier molecular flexibility index (Phi) is 8.23. The summed E-state index contributed by atoms with van der Waals surface area (Å²) in [5.41, 5.74) is 2.28. The van der Waals surface area contributed by atoms with Gasteiger partial charge in [0.25, 0.3) is 5.91 Å². The number of rotatable bonds is 7. The van der Waals surface area contributed by atoms with E-state index in [0.717, 1.165) is 5.56 Å². The molecule has 2 aromatic carbocycles. The van der Waals surface area contributed by atoms with Crippen LogP contribution in [-0.2, 0) is 9.53 Å². The van der Waals surface area contributed by atoms with Gasteiger partial charge in [-0.3, -0.25) is 14.6 Å². The second-order valence-corrected chi connectivity index (χ2v) is 9.21. The molecule has 2 aliphatic heterocycles. The highest BCUT2D eigenvalue weighted by atomic mass is 19.1. The lowest BCUT2D eigenvalue weighted by atomic mass is 9.94. The molecule has 4 rings (SSSR count). The first kappa shape index (κ1) is 26.3. The topological polar surface area (TPSA) is 82.2 Å². The molecule has 0 bridgehead atoms. The average molecular weight is 509 g/mol. The lowest BCUT2D eigenvalue weighted by Crippen LogP contribution is -2.56. The van der Waals surface area contributed by atoms with E-state index >= 15 is 0 Å². The third-order valence-corrected chi connectivity index (χ3v) is 6.82. The SMILES string of the molecule is CCOC(=O)C1=C(CN2CCN(C(=O)c3ccc(F)cc3)[C@H](C)C2)N(CC)C(=O)N[C@H]1c1ccccc1. The molecule has 9 heteroatoms. The molecule has 1 N–H and O–H groups in total. The van der Waals surface area contributed by atoms with Crippen molar-refractivity contribution in [1.82, 2.24) is 20.0 Å². The average Bonchev–Trinajstić information content (AvgIpc) is 2.89. The number of carbonyl (C=O) groups is 3. The zero-order chi connectivity index (χ0) is 26.5. The van der Waals surface area contributed by atoms with E-state index in [4.69, 9.17) is 4.74 Å². The number of ether oxygens (including phenoxy) is 1. The van der Waals surface area contributed by atoms with E-state index in [1.54, 1.807) is 16.7 Å². The van der Waals surface area contributed by atoms with Gasteiger partial charge in [0.15, 0.2) is 0 Å². The van der Waals surface area contributed by atoms with E-state index in [2.05, 4.69) is 10.2 Å². The van der Waals surface area contributed by atoms with Crippen molar-refractivity contribution >= 4 is 17.9 Å². The summed E-state index contributed by atoms with van der Waals surface area (Å²) in [5, 5.41) is 2.97. The molecular formula is C28H33FN4O4. The van der Waals surface area contributed by atoms with Gasteiger partial charge in [-0.05, 0) is 50.6 Å². The first-order valence-corrected chi connectivity index (χ1v) is 12.7. The van der Waals surface area contributed by atoms with Gasteiger partial charge in [0, 0.05) is 50.0 Å². The molecule has 1 saturated heterocycles. The Morgan fingerprint density at radius 3 is 2.38 bits per heavy atom. The Bertz CT molecular complexity index is 1170. The number of benzene rings is 2. The van der Waals surface area contributed by atoms with Crippen LogP contribution in [0.15, 0.2) is 65.9 Å².